The van der Waals surface area contributed by atoms with Gasteiger partial charge in [0.15, 0.2) is 0 Å². The number of halogens is 1. The van der Waals surface area contributed by atoms with Crippen LogP contribution in [0.15, 0.2) is 48.5 Å². The topological polar surface area (TPSA) is 36.0 Å². The third-order valence-corrected chi connectivity index (χ3v) is 4.92. The third-order valence-electron chi connectivity index (χ3n) is 4.92. The summed E-state index contributed by atoms with van der Waals surface area (Å²) < 4.78 is 18.4. The van der Waals surface area contributed by atoms with Gasteiger partial charge in [-0.3, -0.25) is 9.69 Å². The van der Waals surface area contributed by atoms with E-state index in [1.807, 2.05) is 18.2 Å². The summed E-state index contributed by atoms with van der Waals surface area (Å²) in [6.07, 6.45) is 0. The Hall–Kier alpha value is -2.60. The number of hydrogen-bond donors (Lipinski definition) is 0. The van der Waals surface area contributed by atoms with E-state index in [4.69, 9.17) is 4.74 Å². The number of likely N-dealkylation sites (N-methyl/N-ethyl adjacent to an activating group) is 1. The Morgan fingerprint density at radius 2 is 1.74 bits per heavy atom. The SMILES string of the molecule is COc1ccccc1N1CCN(CC(=O)N(C)Cc2ccc(F)cc2)CC1. The monoisotopic (exact) mass is 371 g/mol. The van der Waals surface area contributed by atoms with Crippen molar-refractivity contribution < 1.29 is 13.9 Å². The molecule has 0 atom stereocenters. The number of nitrogens with zero attached hydrogens (tertiary/aromatic N) is 3. The maximum absolute atomic E-state index is 13.0. The summed E-state index contributed by atoms with van der Waals surface area (Å²) in [7, 11) is 3.47. The smallest absolute Gasteiger partial charge is 0.236 e. The van der Waals surface area contributed by atoms with E-state index in [9.17, 15) is 9.18 Å². The number of carbonyl (C=O) groups is 1. The van der Waals surface area contributed by atoms with Crippen LogP contribution in [0.1, 0.15) is 5.56 Å². The first kappa shape index (κ1) is 19.2. The van der Waals surface area contributed by atoms with E-state index >= 15 is 0 Å². The van der Waals surface area contributed by atoms with E-state index < -0.39 is 0 Å². The van der Waals surface area contributed by atoms with Gasteiger partial charge in [0.2, 0.25) is 5.91 Å². The number of piperazine rings is 1. The Balaban J connectivity index is 1.49. The first-order valence-corrected chi connectivity index (χ1v) is 9.15. The van der Waals surface area contributed by atoms with E-state index in [-0.39, 0.29) is 11.7 Å². The highest BCUT2D eigenvalue weighted by molar-refractivity contribution is 5.78. The van der Waals surface area contributed by atoms with Crippen LogP contribution in [0.2, 0.25) is 0 Å². The lowest BCUT2D eigenvalue weighted by atomic mass is 10.2. The molecule has 0 N–H and O–H groups in total. The minimum absolute atomic E-state index is 0.0741. The summed E-state index contributed by atoms with van der Waals surface area (Å²) >= 11 is 0. The molecule has 144 valence electrons. The van der Waals surface area contributed by atoms with E-state index in [1.165, 1.54) is 12.1 Å². The van der Waals surface area contributed by atoms with Crippen molar-refractivity contribution in [1.82, 2.24) is 9.80 Å². The van der Waals surface area contributed by atoms with Gasteiger partial charge in [0.25, 0.3) is 0 Å². The van der Waals surface area contributed by atoms with Gasteiger partial charge < -0.3 is 14.5 Å². The standard InChI is InChI=1S/C21H26FN3O2/c1-23(15-17-7-9-18(22)10-8-17)21(26)16-24-11-13-25(14-12-24)19-5-3-4-6-20(19)27-2/h3-10H,11-16H2,1-2H3. The fourth-order valence-electron chi connectivity index (χ4n) is 3.30. The van der Waals surface area contributed by atoms with Gasteiger partial charge in [-0.25, -0.2) is 4.39 Å². The number of benzene rings is 2. The minimum atomic E-state index is -0.263. The molecule has 3 rings (SSSR count). The van der Waals surface area contributed by atoms with Crippen molar-refractivity contribution in [2.24, 2.45) is 0 Å². The van der Waals surface area contributed by atoms with Crippen molar-refractivity contribution in [3.63, 3.8) is 0 Å². The number of methoxy groups -OCH3 is 1. The fourth-order valence-corrected chi connectivity index (χ4v) is 3.30. The van der Waals surface area contributed by atoms with Crippen LogP contribution in [0.25, 0.3) is 0 Å². The molecule has 2 aromatic rings. The lowest BCUT2D eigenvalue weighted by Gasteiger charge is -2.36. The zero-order valence-electron chi connectivity index (χ0n) is 15.9. The average molecular weight is 371 g/mol. The summed E-state index contributed by atoms with van der Waals surface area (Å²) in [6.45, 7) is 4.25. The molecule has 1 amide bonds. The molecule has 2 aromatic carbocycles. The molecule has 6 heteroatoms. The molecule has 0 bridgehead atoms. The van der Waals surface area contributed by atoms with Crippen LogP contribution in [-0.4, -0.2) is 62.6 Å². The van der Waals surface area contributed by atoms with Gasteiger partial charge in [-0.1, -0.05) is 24.3 Å². The molecule has 27 heavy (non-hydrogen) atoms. The van der Waals surface area contributed by atoms with Gasteiger partial charge >= 0.3 is 0 Å². The van der Waals surface area contributed by atoms with Gasteiger partial charge in [0, 0.05) is 39.8 Å². The van der Waals surface area contributed by atoms with Gasteiger partial charge in [0.05, 0.1) is 19.3 Å². The van der Waals surface area contributed by atoms with Crippen LogP contribution in [0.5, 0.6) is 5.75 Å². The fraction of sp³-hybridized carbons (Fsp3) is 0.381. The first-order valence-electron chi connectivity index (χ1n) is 9.15. The molecule has 1 aliphatic rings. The summed E-state index contributed by atoms with van der Waals surface area (Å²) in [4.78, 5) is 18.7. The maximum atomic E-state index is 13.0. The second kappa shape index (κ2) is 8.86. The molecule has 1 fully saturated rings. The minimum Gasteiger partial charge on any atom is -0.495 e. The highest BCUT2D eigenvalue weighted by atomic mass is 19.1. The normalized spacial score (nSPS) is 14.9. The summed E-state index contributed by atoms with van der Waals surface area (Å²) in [5.74, 6) is 0.687. The van der Waals surface area contributed by atoms with Crippen LogP contribution < -0.4 is 9.64 Å². The van der Waals surface area contributed by atoms with E-state index in [1.54, 1.807) is 31.2 Å². The van der Waals surface area contributed by atoms with E-state index in [2.05, 4.69) is 15.9 Å². The predicted octanol–water partition coefficient (Wildman–Crippen LogP) is 2.61. The average Bonchev–Trinajstić information content (AvgIpc) is 2.70. The molecule has 0 spiro atoms. The second-order valence-electron chi connectivity index (χ2n) is 6.81. The van der Waals surface area contributed by atoms with Crippen LogP contribution in [0.3, 0.4) is 0 Å². The van der Waals surface area contributed by atoms with Crippen LogP contribution >= 0.6 is 0 Å². The summed E-state index contributed by atoms with van der Waals surface area (Å²) in [5.41, 5.74) is 2.02. The number of carbonyl (C=O) groups excluding carboxylic acids is 1. The third kappa shape index (κ3) is 4.98. The number of anilines is 1. The Morgan fingerprint density at radius 3 is 2.41 bits per heavy atom. The summed E-state index contributed by atoms with van der Waals surface area (Å²) in [5, 5.41) is 0. The molecule has 1 heterocycles. The molecule has 1 aliphatic heterocycles. The van der Waals surface area contributed by atoms with Gasteiger partial charge in [-0.15, -0.1) is 0 Å². The zero-order valence-corrected chi connectivity index (χ0v) is 15.9. The molecule has 0 saturated carbocycles. The molecule has 1 saturated heterocycles. The molecule has 0 radical (unpaired) electrons. The number of hydrogen-bond acceptors (Lipinski definition) is 4. The molecule has 5 nitrogen and oxygen atoms in total. The second-order valence-corrected chi connectivity index (χ2v) is 6.81. The van der Waals surface area contributed by atoms with Crippen LogP contribution in [0.4, 0.5) is 10.1 Å². The maximum Gasteiger partial charge on any atom is 0.236 e. The highest BCUT2D eigenvalue weighted by Gasteiger charge is 2.22. The quantitative estimate of drug-likeness (QED) is 0.782. The van der Waals surface area contributed by atoms with Crippen molar-refractivity contribution in [3.05, 3.63) is 59.9 Å². The predicted molar refractivity (Wildman–Crippen MR) is 105 cm³/mol. The zero-order chi connectivity index (χ0) is 19.2. The van der Waals surface area contributed by atoms with Gasteiger partial charge in [-0.05, 0) is 29.8 Å². The number of amides is 1. The lowest BCUT2D eigenvalue weighted by molar-refractivity contribution is -0.131. The summed E-state index contributed by atoms with van der Waals surface area (Å²) in [6, 6.07) is 14.3. The number of rotatable bonds is 6. The van der Waals surface area contributed by atoms with Crippen molar-refractivity contribution in [1.29, 1.82) is 0 Å². The van der Waals surface area contributed by atoms with E-state index in [0.29, 0.717) is 13.1 Å². The molecular formula is C21H26FN3O2. The number of para-hydroxylation sites is 2. The largest absolute Gasteiger partial charge is 0.495 e. The van der Waals surface area contributed by atoms with E-state index in [0.717, 1.165) is 43.2 Å². The van der Waals surface area contributed by atoms with Crippen LogP contribution in [0, 0.1) is 5.82 Å². The van der Waals surface area contributed by atoms with Gasteiger partial charge in [0.1, 0.15) is 11.6 Å². The Kier molecular flexibility index (Phi) is 6.29. The number of ether oxygens (including phenoxy) is 1. The molecule has 0 aliphatic carbocycles. The Labute approximate surface area is 159 Å². The van der Waals surface area contributed by atoms with Crippen molar-refractivity contribution in [2.75, 3.05) is 51.8 Å². The molecule has 0 aromatic heterocycles. The van der Waals surface area contributed by atoms with Crippen molar-refractivity contribution >= 4 is 11.6 Å². The Bertz CT molecular complexity index is 758. The Morgan fingerprint density at radius 1 is 1.07 bits per heavy atom. The molecular weight excluding hydrogens is 345 g/mol. The van der Waals surface area contributed by atoms with Gasteiger partial charge in [-0.2, -0.15) is 0 Å². The van der Waals surface area contributed by atoms with Crippen LogP contribution in [-0.2, 0) is 11.3 Å². The lowest BCUT2D eigenvalue weighted by Crippen LogP contribution is -2.49. The first-order chi connectivity index (χ1) is 13.1. The highest BCUT2D eigenvalue weighted by Crippen LogP contribution is 2.28. The van der Waals surface area contributed by atoms with Crippen molar-refractivity contribution in [3.8, 4) is 5.75 Å². The molecule has 0 unspecified atom stereocenters. The van der Waals surface area contributed by atoms with Crippen molar-refractivity contribution in [2.45, 2.75) is 6.54 Å².